The molecule has 5 nitrogen and oxygen atoms in total. The topological polar surface area (TPSA) is 41.5 Å². The lowest BCUT2D eigenvalue weighted by Gasteiger charge is -2.21. The number of ether oxygens (including phenoxy) is 1. The van der Waals surface area contributed by atoms with Crippen LogP contribution in [-0.2, 0) is 6.42 Å². The lowest BCUT2D eigenvalue weighted by Crippen LogP contribution is -2.16. The summed E-state index contributed by atoms with van der Waals surface area (Å²) in [5.74, 6) is 3.49. The summed E-state index contributed by atoms with van der Waals surface area (Å²) in [4.78, 5) is 14.1. The molecule has 0 saturated heterocycles. The summed E-state index contributed by atoms with van der Waals surface area (Å²) in [6, 6.07) is 18.3. The highest BCUT2D eigenvalue weighted by Gasteiger charge is 2.27. The molecule has 1 aliphatic heterocycles. The Bertz CT molecular complexity index is 925. The first-order valence-electron chi connectivity index (χ1n) is 8.72. The molecule has 4 rings (SSSR count). The Labute approximate surface area is 153 Å². The summed E-state index contributed by atoms with van der Waals surface area (Å²) in [5.41, 5.74) is 3.31. The summed E-state index contributed by atoms with van der Waals surface area (Å²) in [6.45, 7) is 0.913. The maximum Gasteiger partial charge on any atom is 0.164 e. The maximum absolute atomic E-state index is 5.36. The number of nitrogens with zero attached hydrogens (tertiary/aromatic N) is 4. The van der Waals surface area contributed by atoms with Crippen molar-refractivity contribution in [3.8, 4) is 17.1 Å². The van der Waals surface area contributed by atoms with Crippen molar-refractivity contribution in [1.82, 2.24) is 9.97 Å². The maximum atomic E-state index is 5.36. The van der Waals surface area contributed by atoms with Crippen molar-refractivity contribution in [2.75, 3.05) is 37.5 Å². The first kappa shape index (κ1) is 16.4. The predicted molar refractivity (Wildman–Crippen MR) is 105 cm³/mol. The highest BCUT2D eigenvalue weighted by Crippen LogP contribution is 2.38. The van der Waals surface area contributed by atoms with E-state index in [9.17, 15) is 0 Å². The van der Waals surface area contributed by atoms with Gasteiger partial charge in [0.1, 0.15) is 17.4 Å². The molecule has 5 heteroatoms. The highest BCUT2D eigenvalue weighted by molar-refractivity contribution is 5.74. The second kappa shape index (κ2) is 6.67. The molecule has 0 saturated carbocycles. The predicted octanol–water partition coefficient (Wildman–Crippen LogP) is 3.91. The SMILES string of the molecule is COc1cccc(-c2nc(N(C)C)c3c(n2)N(c2ccccc2)CC3)c1. The Morgan fingerprint density at radius 1 is 1.00 bits per heavy atom. The molecule has 2 aromatic carbocycles. The average molecular weight is 346 g/mol. The van der Waals surface area contributed by atoms with Crippen LogP contribution in [0.1, 0.15) is 5.56 Å². The van der Waals surface area contributed by atoms with Gasteiger partial charge in [-0.05, 0) is 30.7 Å². The lowest BCUT2D eigenvalue weighted by atomic mass is 10.1. The zero-order chi connectivity index (χ0) is 18.1. The monoisotopic (exact) mass is 346 g/mol. The largest absolute Gasteiger partial charge is 0.497 e. The molecule has 0 aliphatic carbocycles. The van der Waals surface area contributed by atoms with E-state index < -0.39 is 0 Å². The van der Waals surface area contributed by atoms with Crippen molar-refractivity contribution in [3.63, 3.8) is 0 Å². The molecule has 0 atom stereocenters. The van der Waals surface area contributed by atoms with Crippen LogP contribution < -0.4 is 14.5 Å². The van der Waals surface area contributed by atoms with Gasteiger partial charge in [-0.1, -0.05) is 30.3 Å². The Morgan fingerprint density at radius 2 is 1.81 bits per heavy atom. The van der Waals surface area contributed by atoms with E-state index >= 15 is 0 Å². The number of benzene rings is 2. The van der Waals surface area contributed by atoms with Gasteiger partial charge >= 0.3 is 0 Å². The second-order valence-electron chi connectivity index (χ2n) is 6.54. The van der Waals surface area contributed by atoms with Crippen LogP contribution in [0.4, 0.5) is 17.3 Å². The molecular weight excluding hydrogens is 324 g/mol. The molecule has 0 radical (unpaired) electrons. The van der Waals surface area contributed by atoms with Gasteiger partial charge in [-0.25, -0.2) is 9.97 Å². The third-order valence-electron chi connectivity index (χ3n) is 4.62. The Morgan fingerprint density at radius 3 is 2.54 bits per heavy atom. The fourth-order valence-corrected chi connectivity index (χ4v) is 3.36. The van der Waals surface area contributed by atoms with E-state index in [1.54, 1.807) is 7.11 Å². The molecule has 0 amide bonds. The van der Waals surface area contributed by atoms with Crippen molar-refractivity contribution in [2.24, 2.45) is 0 Å². The minimum atomic E-state index is 0.717. The number of hydrogen-bond donors (Lipinski definition) is 0. The molecule has 26 heavy (non-hydrogen) atoms. The molecule has 132 valence electrons. The van der Waals surface area contributed by atoms with Gasteiger partial charge < -0.3 is 14.5 Å². The summed E-state index contributed by atoms with van der Waals surface area (Å²) in [7, 11) is 5.73. The van der Waals surface area contributed by atoms with E-state index in [4.69, 9.17) is 14.7 Å². The van der Waals surface area contributed by atoms with Crippen LogP contribution >= 0.6 is 0 Å². The van der Waals surface area contributed by atoms with Crippen molar-refractivity contribution in [2.45, 2.75) is 6.42 Å². The van der Waals surface area contributed by atoms with Crippen molar-refractivity contribution >= 4 is 17.3 Å². The van der Waals surface area contributed by atoms with Crippen LogP contribution in [0.25, 0.3) is 11.4 Å². The van der Waals surface area contributed by atoms with Gasteiger partial charge in [0.2, 0.25) is 0 Å². The highest BCUT2D eigenvalue weighted by atomic mass is 16.5. The van der Waals surface area contributed by atoms with E-state index in [1.807, 2.05) is 44.4 Å². The normalized spacial score (nSPS) is 12.8. The van der Waals surface area contributed by atoms with Gasteiger partial charge in [-0.2, -0.15) is 0 Å². The number of para-hydroxylation sites is 1. The summed E-state index contributed by atoms with van der Waals surface area (Å²) < 4.78 is 5.36. The Kier molecular flexibility index (Phi) is 4.21. The van der Waals surface area contributed by atoms with Crippen LogP contribution in [0.2, 0.25) is 0 Å². The smallest absolute Gasteiger partial charge is 0.164 e. The molecule has 1 aliphatic rings. The van der Waals surface area contributed by atoms with Gasteiger partial charge in [-0.15, -0.1) is 0 Å². The van der Waals surface area contributed by atoms with Gasteiger partial charge in [0.25, 0.3) is 0 Å². The van der Waals surface area contributed by atoms with Gasteiger partial charge in [-0.3, -0.25) is 0 Å². The molecule has 0 unspecified atom stereocenters. The fourth-order valence-electron chi connectivity index (χ4n) is 3.36. The number of aromatic nitrogens is 2. The average Bonchev–Trinajstić information content (AvgIpc) is 3.11. The summed E-state index contributed by atoms with van der Waals surface area (Å²) in [5, 5.41) is 0. The Hall–Kier alpha value is -3.08. The van der Waals surface area contributed by atoms with Gasteiger partial charge in [0, 0.05) is 37.5 Å². The molecule has 0 N–H and O–H groups in total. The Balaban J connectivity index is 1.86. The van der Waals surface area contributed by atoms with E-state index in [1.165, 1.54) is 5.56 Å². The second-order valence-corrected chi connectivity index (χ2v) is 6.54. The van der Waals surface area contributed by atoms with Gasteiger partial charge in [0.15, 0.2) is 5.82 Å². The third-order valence-corrected chi connectivity index (χ3v) is 4.62. The van der Waals surface area contributed by atoms with Crippen molar-refractivity contribution in [1.29, 1.82) is 0 Å². The number of rotatable bonds is 4. The lowest BCUT2D eigenvalue weighted by molar-refractivity contribution is 0.415. The van der Waals surface area contributed by atoms with Gasteiger partial charge in [0.05, 0.1) is 7.11 Å². The fraction of sp³-hybridized carbons (Fsp3) is 0.238. The molecule has 3 aromatic rings. The van der Waals surface area contributed by atoms with E-state index in [0.717, 1.165) is 41.6 Å². The van der Waals surface area contributed by atoms with Crippen LogP contribution in [-0.4, -0.2) is 37.7 Å². The van der Waals surface area contributed by atoms with E-state index in [2.05, 4.69) is 34.1 Å². The van der Waals surface area contributed by atoms with E-state index in [0.29, 0.717) is 5.82 Å². The van der Waals surface area contributed by atoms with Crippen LogP contribution in [0.3, 0.4) is 0 Å². The molecule has 1 aromatic heterocycles. The summed E-state index contributed by atoms with van der Waals surface area (Å²) >= 11 is 0. The number of anilines is 3. The van der Waals surface area contributed by atoms with Crippen molar-refractivity contribution in [3.05, 3.63) is 60.2 Å². The molecule has 0 bridgehead atoms. The third kappa shape index (κ3) is 2.86. The quantitative estimate of drug-likeness (QED) is 0.716. The van der Waals surface area contributed by atoms with Crippen LogP contribution in [0, 0.1) is 0 Å². The summed E-state index contributed by atoms with van der Waals surface area (Å²) in [6.07, 6.45) is 0.941. The molecular formula is C21H22N4O. The zero-order valence-electron chi connectivity index (χ0n) is 15.3. The first-order valence-corrected chi connectivity index (χ1v) is 8.72. The number of fused-ring (bicyclic) bond motifs is 1. The molecule has 2 heterocycles. The van der Waals surface area contributed by atoms with Crippen molar-refractivity contribution < 1.29 is 4.74 Å². The standard InChI is InChI=1S/C21H22N4O/c1-24(2)20-18-12-13-25(16-9-5-4-6-10-16)21(18)23-19(22-20)15-8-7-11-17(14-15)26-3/h4-11,14H,12-13H2,1-3H3. The number of methoxy groups -OCH3 is 1. The number of hydrogen-bond acceptors (Lipinski definition) is 5. The van der Waals surface area contributed by atoms with Crippen LogP contribution in [0.15, 0.2) is 54.6 Å². The zero-order valence-corrected chi connectivity index (χ0v) is 15.3. The molecule has 0 spiro atoms. The van der Waals surface area contributed by atoms with Crippen LogP contribution in [0.5, 0.6) is 5.75 Å². The minimum Gasteiger partial charge on any atom is -0.497 e. The van der Waals surface area contributed by atoms with E-state index in [-0.39, 0.29) is 0 Å². The first-order chi connectivity index (χ1) is 12.7. The minimum absolute atomic E-state index is 0.717. The molecule has 0 fully saturated rings.